The van der Waals surface area contributed by atoms with Gasteiger partial charge in [-0.15, -0.1) is 0 Å². The summed E-state index contributed by atoms with van der Waals surface area (Å²) in [4.78, 5) is 13.7. The molecular formula is C15H26N6S. The third kappa shape index (κ3) is 3.19. The number of hydrogen-bond acceptors (Lipinski definition) is 5. The van der Waals surface area contributed by atoms with Crippen molar-refractivity contribution in [2.45, 2.75) is 39.7 Å². The summed E-state index contributed by atoms with van der Waals surface area (Å²) < 4.78 is 4.38. The summed E-state index contributed by atoms with van der Waals surface area (Å²) in [7, 11) is 1.88. The first-order chi connectivity index (χ1) is 10.5. The van der Waals surface area contributed by atoms with Crippen LogP contribution in [0.1, 0.15) is 33.0 Å². The SMILES string of the molecule is CCc1nsc(N2CCN(C(=NC)NC3CC3(C)C)CC2)n1. The second-order valence-electron chi connectivity index (χ2n) is 6.76. The second-order valence-corrected chi connectivity index (χ2v) is 7.49. The Kier molecular flexibility index (Phi) is 4.25. The minimum Gasteiger partial charge on any atom is -0.353 e. The van der Waals surface area contributed by atoms with E-state index < -0.39 is 0 Å². The molecule has 7 heteroatoms. The predicted molar refractivity (Wildman–Crippen MR) is 91.8 cm³/mol. The number of aromatic nitrogens is 2. The molecule has 2 fully saturated rings. The number of nitrogens with one attached hydrogen (secondary N) is 1. The minimum atomic E-state index is 0.418. The highest BCUT2D eigenvalue weighted by Crippen LogP contribution is 2.44. The Morgan fingerprint density at radius 3 is 2.55 bits per heavy atom. The molecule has 3 rings (SSSR count). The van der Waals surface area contributed by atoms with Gasteiger partial charge in [0.15, 0.2) is 5.96 Å². The lowest BCUT2D eigenvalue weighted by atomic mass is 10.2. The summed E-state index contributed by atoms with van der Waals surface area (Å²) in [6, 6.07) is 0.569. The molecule has 1 aromatic heterocycles. The van der Waals surface area contributed by atoms with Gasteiger partial charge in [0.25, 0.3) is 0 Å². The van der Waals surface area contributed by atoms with Crippen LogP contribution in [-0.4, -0.2) is 59.5 Å². The molecule has 22 heavy (non-hydrogen) atoms. The molecule has 1 N–H and O–H groups in total. The van der Waals surface area contributed by atoms with E-state index in [9.17, 15) is 0 Å². The van der Waals surface area contributed by atoms with Crippen molar-refractivity contribution in [1.82, 2.24) is 19.6 Å². The van der Waals surface area contributed by atoms with E-state index in [1.807, 2.05) is 7.05 Å². The first-order valence-corrected chi connectivity index (χ1v) is 8.86. The van der Waals surface area contributed by atoms with Gasteiger partial charge >= 0.3 is 0 Å². The summed E-state index contributed by atoms with van der Waals surface area (Å²) in [5, 5.41) is 4.66. The molecule has 1 saturated carbocycles. The van der Waals surface area contributed by atoms with E-state index in [2.05, 4.69) is 50.2 Å². The Morgan fingerprint density at radius 2 is 2.05 bits per heavy atom. The molecule has 0 bridgehead atoms. The molecule has 1 aliphatic heterocycles. The first kappa shape index (κ1) is 15.5. The molecule has 1 aromatic rings. The van der Waals surface area contributed by atoms with Gasteiger partial charge in [-0.2, -0.15) is 4.37 Å². The molecule has 1 atom stereocenters. The summed E-state index contributed by atoms with van der Waals surface area (Å²) in [5.41, 5.74) is 0.418. The maximum Gasteiger partial charge on any atom is 0.205 e. The lowest BCUT2D eigenvalue weighted by molar-refractivity contribution is 0.369. The summed E-state index contributed by atoms with van der Waals surface area (Å²) in [6.07, 6.45) is 2.14. The number of rotatable bonds is 3. The van der Waals surface area contributed by atoms with Gasteiger partial charge in [-0.05, 0) is 11.8 Å². The van der Waals surface area contributed by atoms with Crippen LogP contribution in [0.25, 0.3) is 0 Å². The number of anilines is 1. The Bertz CT molecular complexity index is 544. The third-order valence-electron chi connectivity index (χ3n) is 4.65. The average Bonchev–Trinajstić information content (AvgIpc) is 2.92. The van der Waals surface area contributed by atoms with Crippen molar-refractivity contribution >= 4 is 22.6 Å². The van der Waals surface area contributed by atoms with Crippen molar-refractivity contribution in [2.75, 3.05) is 38.1 Å². The Balaban J connectivity index is 1.54. The molecule has 1 saturated heterocycles. The highest BCUT2D eigenvalue weighted by atomic mass is 32.1. The number of aryl methyl sites for hydroxylation is 1. The topological polar surface area (TPSA) is 56.7 Å². The quantitative estimate of drug-likeness (QED) is 0.677. The highest BCUT2D eigenvalue weighted by Gasteiger charge is 2.46. The standard InChI is InChI=1S/C15H26N6S/c1-5-12-18-14(22-19-12)21-8-6-20(7-9-21)13(16-4)17-11-10-15(11,2)3/h11H,5-10H2,1-4H3,(H,16,17). The van der Waals surface area contributed by atoms with Gasteiger partial charge in [-0.1, -0.05) is 20.8 Å². The van der Waals surface area contributed by atoms with E-state index in [1.54, 1.807) is 0 Å². The van der Waals surface area contributed by atoms with Crippen LogP contribution in [0.15, 0.2) is 4.99 Å². The van der Waals surface area contributed by atoms with E-state index in [0.717, 1.165) is 49.5 Å². The normalized spacial score (nSPS) is 24.5. The molecular weight excluding hydrogens is 296 g/mol. The first-order valence-electron chi connectivity index (χ1n) is 8.09. The number of guanidine groups is 1. The molecule has 0 aromatic carbocycles. The fourth-order valence-electron chi connectivity index (χ4n) is 2.79. The van der Waals surface area contributed by atoms with Crippen molar-refractivity contribution in [3.05, 3.63) is 5.82 Å². The monoisotopic (exact) mass is 322 g/mol. The van der Waals surface area contributed by atoms with E-state index in [4.69, 9.17) is 0 Å². The molecule has 0 radical (unpaired) electrons. The lowest BCUT2D eigenvalue weighted by Crippen LogP contribution is -2.53. The van der Waals surface area contributed by atoms with Crippen molar-refractivity contribution in [2.24, 2.45) is 10.4 Å². The lowest BCUT2D eigenvalue weighted by Gasteiger charge is -2.36. The Hall–Kier alpha value is -1.37. The van der Waals surface area contributed by atoms with Crippen LogP contribution >= 0.6 is 11.5 Å². The van der Waals surface area contributed by atoms with E-state index >= 15 is 0 Å². The molecule has 0 spiro atoms. The smallest absolute Gasteiger partial charge is 0.205 e. The van der Waals surface area contributed by atoms with Crippen LogP contribution in [0.5, 0.6) is 0 Å². The number of hydrogen-bond donors (Lipinski definition) is 1. The van der Waals surface area contributed by atoms with E-state index in [-0.39, 0.29) is 0 Å². The number of aliphatic imine (C=N–C) groups is 1. The van der Waals surface area contributed by atoms with Crippen molar-refractivity contribution in [3.8, 4) is 0 Å². The molecule has 6 nitrogen and oxygen atoms in total. The van der Waals surface area contributed by atoms with E-state index in [0.29, 0.717) is 11.5 Å². The molecule has 2 heterocycles. The second kappa shape index (κ2) is 6.02. The third-order valence-corrected chi connectivity index (χ3v) is 5.47. The van der Waals surface area contributed by atoms with Crippen LogP contribution in [-0.2, 0) is 6.42 Å². The van der Waals surface area contributed by atoms with Crippen LogP contribution in [0, 0.1) is 5.41 Å². The highest BCUT2D eigenvalue weighted by molar-refractivity contribution is 7.09. The largest absolute Gasteiger partial charge is 0.353 e. The Labute approximate surface area is 136 Å². The van der Waals surface area contributed by atoms with Gasteiger partial charge in [0, 0.05) is 57.2 Å². The van der Waals surface area contributed by atoms with Crippen LogP contribution in [0.3, 0.4) is 0 Å². The zero-order valence-corrected chi connectivity index (χ0v) is 14.8. The fourth-order valence-corrected chi connectivity index (χ4v) is 3.59. The average molecular weight is 322 g/mol. The van der Waals surface area contributed by atoms with Crippen molar-refractivity contribution in [3.63, 3.8) is 0 Å². The van der Waals surface area contributed by atoms with Gasteiger partial charge in [-0.25, -0.2) is 4.98 Å². The maximum absolute atomic E-state index is 4.59. The molecule has 2 aliphatic rings. The van der Waals surface area contributed by atoms with Gasteiger partial charge < -0.3 is 15.1 Å². The Morgan fingerprint density at radius 1 is 1.36 bits per heavy atom. The molecule has 1 aliphatic carbocycles. The molecule has 122 valence electrons. The zero-order valence-electron chi connectivity index (χ0n) is 14.0. The van der Waals surface area contributed by atoms with Crippen LogP contribution < -0.4 is 10.2 Å². The summed E-state index contributed by atoms with van der Waals surface area (Å²) in [6.45, 7) is 10.6. The number of piperazine rings is 1. The summed E-state index contributed by atoms with van der Waals surface area (Å²) in [5.74, 6) is 2.00. The van der Waals surface area contributed by atoms with Gasteiger partial charge in [0.2, 0.25) is 5.13 Å². The van der Waals surface area contributed by atoms with Gasteiger partial charge in [-0.3, -0.25) is 4.99 Å². The van der Waals surface area contributed by atoms with Gasteiger partial charge in [0.1, 0.15) is 5.82 Å². The van der Waals surface area contributed by atoms with Gasteiger partial charge in [0.05, 0.1) is 0 Å². The minimum absolute atomic E-state index is 0.418. The molecule has 1 unspecified atom stereocenters. The predicted octanol–water partition coefficient (Wildman–Crippen LogP) is 1.60. The van der Waals surface area contributed by atoms with E-state index in [1.165, 1.54) is 18.0 Å². The summed E-state index contributed by atoms with van der Waals surface area (Å²) >= 11 is 1.52. The van der Waals surface area contributed by atoms with Crippen molar-refractivity contribution in [1.29, 1.82) is 0 Å². The van der Waals surface area contributed by atoms with Crippen LogP contribution in [0.4, 0.5) is 5.13 Å². The van der Waals surface area contributed by atoms with Crippen LogP contribution in [0.2, 0.25) is 0 Å². The number of nitrogens with zero attached hydrogens (tertiary/aromatic N) is 5. The van der Waals surface area contributed by atoms with Crippen molar-refractivity contribution < 1.29 is 0 Å². The fraction of sp³-hybridized carbons (Fsp3) is 0.800. The zero-order chi connectivity index (χ0) is 15.7. The maximum atomic E-state index is 4.59. The molecule has 0 amide bonds.